The summed E-state index contributed by atoms with van der Waals surface area (Å²) >= 11 is 0. The summed E-state index contributed by atoms with van der Waals surface area (Å²) < 4.78 is 25.5. The molecule has 9 heteroatoms. The van der Waals surface area contributed by atoms with Crippen LogP contribution in [0, 0.1) is 11.7 Å². The minimum absolute atomic E-state index is 0.133. The highest BCUT2D eigenvalue weighted by Crippen LogP contribution is 2.29. The quantitative estimate of drug-likeness (QED) is 0.706. The number of nitrogens with one attached hydrogen (secondary N) is 1. The Morgan fingerprint density at radius 3 is 2.70 bits per heavy atom. The van der Waals surface area contributed by atoms with Gasteiger partial charge in [-0.05, 0) is 12.5 Å². The lowest BCUT2D eigenvalue weighted by Gasteiger charge is -2.32. The molecule has 8 nitrogen and oxygen atoms in total. The van der Waals surface area contributed by atoms with E-state index in [2.05, 4.69) is 5.32 Å². The number of Topliss-reactive ketones (excluding diaryl/α,β-unsaturated/α-hetero) is 1. The minimum Gasteiger partial charge on any atom is -0.503 e. The average molecular weight is 418 g/mol. The first kappa shape index (κ1) is 21.7. The summed E-state index contributed by atoms with van der Waals surface area (Å²) in [5, 5.41) is 12.9. The Balaban J connectivity index is 1.90. The predicted molar refractivity (Wildman–Crippen MR) is 105 cm³/mol. The van der Waals surface area contributed by atoms with Crippen molar-refractivity contribution in [1.82, 2.24) is 9.88 Å². The van der Waals surface area contributed by atoms with Crippen LogP contribution in [0.5, 0.6) is 5.75 Å². The number of carbonyl (C=O) groups excluding carboxylic acids is 2. The van der Waals surface area contributed by atoms with Crippen LogP contribution in [0.2, 0.25) is 0 Å². The summed E-state index contributed by atoms with van der Waals surface area (Å²) in [6, 6.07) is 5.92. The average Bonchev–Trinajstić information content (AvgIpc) is 2.74. The van der Waals surface area contributed by atoms with Gasteiger partial charge in [-0.15, -0.1) is 0 Å². The number of nitrogens with zero attached hydrogens (tertiary/aromatic N) is 1. The number of amides is 1. The smallest absolute Gasteiger partial charge is 0.257 e. The molecule has 0 saturated heterocycles. The molecule has 2 atom stereocenters. The number of ketones is 1. The zero-order chi connectivity index (χ0) is 21.8. The molecule has 0 unspecified atom stereocenters. The summed E-state index contributed by atoms with van der Waals surface area (Å²) in [7, 11) is 2.98. The number of aromatic nitrogens is 1. The lowest BCUT2D eigenvalue weighted by atomic mass is 9.87. The summed E-state index contributed by atoms with van der Waals surface area (Å²) in [5.74, 6) is -3.08. The largest absolute Gasteiger partial charge is 0.503 e. The van der Waals surface area contributed by atoms with Gasteiger partial charge in [0.25, 0.3) is 5.91 Å². The number of rotatable bonds is 7. The number of fused-ring (bicyclic) bond motifs is 1. The van der Waals surface area contributed by atoms with Crippen LogP contribution < -0.4 is 10.7 Å². The van der Waals surface area contributed by atoms with Gasteiger partial charge in [-0.2, -0.15) is 0 Å². The van der Waals surface area contributed by atoms with Crippen molar-refractivity contribution in [3.05, 3.63) is 63.3 Å². The monoisotopic (exact) mass is 418 g/mol. The van der Waals surface area contributed by atoms with E-state index < -0.39 is 40.7 Å². The highest BCUT2D eigenvalue weighted by atomic mass is 19.1. The van der Waals surface area contributed by atoms with Gasteiger partial charge in [0.15, 0.2) is 11.5 Å². The van der Waals surface area contributed by atoms with Gasteiger partial charge in [0, 0.05) is 45.7 Å². The Morgan fingerprint density at radius 1 is 1.30 bits per heavy atom. The Morgan fingerprint density at radius 2 is 2.03 bits per heavy atom. The van der Waals surface area contributed by atoms with Crippen molar-refractivity contribution in [2.75, 3.05) is 20.8 Å². The Kier molecular flexibility index (Phi) is 6.63. The third-order valence-electron chi connectivity index (χ3n) is 5.23. The van der Waals surface area contributed by atoms with E-state index in [9.17, 15) is 23.9 Å². The molecule has 0 fully saturated rings. The fraction of sp³-hybridized carbons (Fsp3) is 0.381. The number of carbonyl (C=O) groups is 2. The van der Waals surface area contributed by atoms with Gasteiger partial charge < -0.3 is 24.5 Å². The van der Waals surface area contributed by atoms with Crippen LogP contribution in [-0.2, 0) is 22.6 Å². The van der Waals surface area contributed by atoms with Gasteiger partial charge in [-0.1, -0.05) is 18.2 Å². The van der Waals surface area contributed by atoms with E-state index in [0.29, 0.717) is 13.0 Å². The highest BCUT2D eigenvalue weighted by molar-refractivity contribution is 6.01. The first-order valence-electron chi connectivity index (χ1n) is 9.43. The lowest BCUT2D eigenvalue weighted by molar-refractivity contribution is 0.0157. The van der Waals surface area contributed by atoms with E-state index in [-0.39, 0.29) is 29.9 Å². The van der Waals surface area contributed by atoms with Crippen LogP contribution in [0.1, 0.15) is 32.8 Å². The third kappa shape index (κ3) is 4.12. The van der Waals surface area contributed by atoms with Crippen molar-refractivity contribution in [2.24, 2.45) is 5.92 Å². The maximum Gasteiger partial charge on any atom is 0.257 e. The van der Waals surface area contributed by atoms with Crippen molar-refractivity contribution >= 4 is 11.7 Å². The van der Waals surface area contributed by atoms with Crippen LogP contribution in [0.15, 0.2) is 35.3 Å². The molecule has 3 rings (SSSR count). The van der Waals surface area contributed by atoms with Crippen molar-refractivity contribution in [3.63, 3.8) is 0 Å². The first-order chi connectivity index (χ1) is 14.4. The lowest BCUT2D eigenvalue weighted by Crippen LogP contribution is -2.43. The molecule has 2 N–H and O–H groups in total. The molecule has 1 amide bonds. The van der Waals surface area contributed by atoms with E-state index in [4.69, 9.17) is 9.47 Å². The number of benzene rings is 1. The fourth-order valence-electron chi connectivity index (χ4n) is 3.59. The number of halogens is 1. The Labute approximate surface area is 172 Å². The molecule has 0 bridgehead atoms. The molecule has 160 valence electrons. The molecule has 0 spiro atoms. The van der Waals surface area contributed by atoms with Crippen LogP contribution in [-0.4, -0.2) is 48.3 Å². The van der Waals surface area contributed by atoms with Gasteiger partial charge in [0.2, 0.25) is 5.43 Å². The number of aromatic hydroxyl groups is 1. The Bertz CT molecular complexity index is 1020. The molecular formula is C21H23FN2O6. The van der Waals surface area contributed by atoms with Gasteiger partial charge in [0.05, 0.1) is 12.0 Å². The number of hydrogen-bond acceptors (Lipinski definition) is 6. The highest BCUT2D eigenvalue weighted by Gasteiger charge is 2.38. The molecule has 30 heavy (non-hydrogen) atoms. The predicted octanol–water partition coefficient (Wildman–Crippen LogP) is 1.49. The Hall–Kier alpha value is -3.04. The van der Waals surface area contributed by atoms with Crippen molar-refractivity contribution in [1.29, 1.82) is 0 Å². The third-order valence-corrected chi connectivity index (χ3v) is 5.23. The van der Waals surface area contributed by atoms with Crippen molar-refractivity contribution < 1.29 is 28.6 Å². The zero-order valence-electron chi connectivity index (χ0n) is 16.7. The second-order valence-electron chi connectivity index (χ2n) is 7.02. The standard InChI is InChI=1S/C21H23FN2O6/c1-29-8-7-13-16(30-2)11-24-10-14(19(26)20(27)17(24)18(13)25)21(28)23-9-12-5-3-4-6-15(12)22/h3-6,10,13,16,27H,7-9,11H2,1-2H3,(H,23,28)/t13-,16-/m0/s1. The fourth-order valence-corrected chi connectivity index (χ4v) is 3.59. The van der Waals surface area contributed by atoms with Crippen molar-refractivity contribution in [3.8, 4) is 5.75 Å². The summed E-state index contributed by atoms with van der Waals surface area (Å²) in [6.07, 6.45) is 1.09. The number of hydrogen-bond donors (Lipinski definition) is 2. The molecule has 0 radical (unpaired) electrons. The molecule has 0 saturated carbocycles. The topological polar surface area (TPSA) is 107 Å². The van der Waals surface area contributed by atoms with Gasteiger partial charge in [-0.25, -0.2) is 4.39 Å². The molecule has 2 aromatic rings. The van der Waals surface area contributed by atoms with Gasteiger partial charge >= 0.3 is 0 Å². The van der Waals surface area contributed by atoms with Crippen LogP contribution >= 0.6 is 0 Å². The van der Waals surface area contributed by atoms with Crippen molar-refractivity contribution in [2.45, 2.75) is 25.6 Å². The van der Waals surface area contributed by atoms with Crippen LogP contribution in [0.4, 0.5) is 4.39 Å². The van der Waals surface area contributed by atoms with E-state index in [1.54, 1.807) is 6.07 Å². The van der Waals surface area contributed by atoms with E-state index in [1.165, 1.54) is 43.2 Å². The summed E-state index contributed by atoms with van der Waals surface area (Å²) in [4.78, 5) is 38.0. The SMILES string of the molecule is COCC[C@@H]1C(=O)c2c(O)c(=O)c(C(=O)NCc3ccccc3F)cn2C[C@@H]1OC. The summed E-state index contributed by atoms with van der Waals surface area (Å²) in [6.45, 7) is 0.358. The van der Waals surface area contributed by atoms with Crippen LogP contribution in [0.3, 0.4) is 0 Å². The van der Waals surface area contributed by atoms with E-state index >= 15 is 0 Å². The zero-order valence-corrected chi connectivity index (χ0v) is 16.7. The van der Waals surface area contributed by atoms with Gasteiger partial charge in [0.1, 0.15) is 17.1 Å². The molecule has 1 aromatic carbocycles. The summed E-state index contributed by atoms with van der Waals surface area (Å²) in [5.41, 5.74) is -1.20. The molecule has 1 aromatic heterocycles. The number of ether oxygens (including phenoxy) is 2. The molecule has 1 aliphatic rings. The van der Waals surface area contributed by atoms with E-state index in [1.807, 2.05) is 0 Å². The number of pyridine rings is 1. The normalized spacial score (nSPS) is 18.2. The first-order valence-corrected chi connectivity index (χ1v) is 9.43. The van der Waals surface area contributed by atoms with Gasteiger partial charge in [-0.3, -0.25) is 14.4 Å². The molecule has 0 aliphatic carbocycles. The maximum absolute atomic E-state index is 13.7. The number of methoxy groups -OCH3 is 2. The minimum atomic E-state index is -0.956. The molecule has 2 heterocycles. The second-order valence-corrected chi connectivity index (χ2v) is 7.02. The maximum atomic E-state index is 13.7. The van der Waals surface area contributed by atoms with E-state index in [0.717, 1.165) is 0 Å². The second kappa shape index (κ2) is 9.19. The molecule has 1 aliphatic heterocycles. The van der Waals surface area contributed by atoms with Crippen LogP contribution in [0.25, 0.3) is 0 Å². The molecular weight excluding hydrogens is 395 g/mol.